The highest BCUT2D eigenvalue weighted by atomic mass is 15.2. The Morgan fingerprint density at radius 1 is 0.831 bits per heavy atom. The van der Waals surface area contributed by atoms with Crippen molar-refractivity contribution < 1.29 is 0 Å². The van der Waals surface area contributed by atoms with E-state index in [1.165, 1.54) is 63.0 Å². The highest BCUT2D eigenvalue weighted by Gasteiger charge is 2.22. The van der Waals surface area contributed by atoms with Crippen molar-refractivity contribution in [2.75, 3.05) is 6.54 Å². The van der Waals surface area contributed by atoms with E-state index in [1.807, 2.05) is 34.6 Å². The van der Waals surface area contributed by atoms with Crippen molar-refractivity contribution >= 4 is 22.4 Å². The van der Waals surface area contributed by atoms with Gasteiger partial charge >= 0.3 is 0 Å². The molecule has 0 amide bonds. The number of allylic oxidation sites excluding steroid dienone is 14. The average Bonchev–Trinajstić information content (AvgIpc) is 3.33. The lowest BCUT2D eigenvalue weighted by molar-refractivity contribution is 0.340. The molecule has 0 aromatic heterocycles. The third kappa shape index (κ3) is 14.1. The fraction of sp³-hybridized carbons (Fsp3) is 0.316. The first-order chi connectivity index (χ1) is 28.7. The van der Waals surface area contributed by atoms with Gasteiger partial charge in [-0.25, -0.2) is 4.99 Å². The number of hydrogen-bond donors (Lipinski definition) is 0. The molecule has 0 N–H and O–H groups in total. The summed E-state index contributed by atoms with van der Waals surface area (Å²) in [5.74, 6) is 0. The van der Waals surface area contributed by atoms with Crippen LogP contribution in [-0.4, -0.2) is 23.2 Å². The largest absolute Gasteiger partial charge is 0.361 e. The molecule has 2 aliphatic carbocycles. The molecule has 1 heterocycles. The average molecular weight is 785 g/mol. The maximum atomic E-state index is 5.15. The van der Waals surface area contributed by atoms with Crippen molar-refractivity contribution in [3.8, 4) is 0 Å². The van der Waals surface area contributed by atoms with Gasteiger partial charge in [0.15, 0.2) is 0 Å². The van der Waals surface area contributed by atoms with Gasteiger partial charge in [0.25, 0.3) is 0 Å². The van der Waals surface area contributed by atoms with Gasteiger partial charge in [-0.2, -0.15) is 0 Å². The standard InChI is InChI=1S/C40H46N2.C13H14.2C2H6/c1-8-10-21-38-32(6)41-40(36-25-24-30(4)39(28-36)37-22-15-14-18-29(37)3)23-16-26-42(33(38)7)31(5)27-35(17-9-2)34-19-12-11-13-20-34;1-11-7-9-13(10-8-11)12-5-3-2-4-6-12;2*1-2/h8,10-14,16,18-21,23-25,27-28,33H,5-6,9,15,17,22,26H2,1-4,7H3;3,5-10H,2,4H2,1H3;2*1-2H3/b10-8-,23-16-,35-27+,38-21-,41-40?;;;. The van der Waals surface area contributed by atoms with Gasteiger partial charge in [-0.15, -0.1) is 0 Å². The number of nitrogens with zero attached hydrogens (tertiary/aromatic N) is 2. The van der Waals surface area contributed by atoms with Crippen LogP contribution in [0.3, 0.4) is 0 Å². The molecule has 2 nitrogen and oxygen atoms in total. The second kappa shape index (κ2) is 25.8. The van der Waals surface area contributed by atoms with Gasteiger partial charge in [-0.3, -0.25) is 0 Å². The van der Waals surface area contributed by atoms with Gasteiger partial charge in [-0.1, -0.05) is 181 Å². The van der Waals surface area contributed by atoms with Crippen LogP contribution >= 0.6 is 0 Å². The number of benzene rings is 3. The van der Waals surface area contributed by atoms with Crippen molar-refractivity contribution in [2.24, 2.45) is 4.99 Å². The van der Waals surface area contributed by atoms with Gasteiger partial charge in [0.1, 0.15) is 0 Å². The minimum Gasteiger partial charge on any atom is -0.361 e. The molecule has 3 aliphatic rings. The molecule has 3 aromatic rings. The number of hydrogen-bond acceptors (Lipinski definition) is 2. The van der Waals surface area contributed by atoms with E-state index < -0.39 is 0 Å². The highest BCUT2D eigenvalue weighted by molar-refractivity contribution is 6.10. The Morgan fingerprint density at radius 3 is 2.17 bits per heavy atom. The molecule has 0 saturated heterocycles. The van der Waals surface area contributed by atoms with Gasteiger partial charge in [0.2, 0.25) is 0 Å². The molecular weight excluding hydrogens is 713 g/mol. The van der Waals surface area contributed by atoms with Crippen molar-refractivity contribution in [3.05, 3.63) is 209 Å². The molecule has 0 saturated carbocycles. The summed E-state index contributed by atoms with van der Waals surface area (Å²) >= 11 is 0. The van der Waals surface area contributed by atoms with E-state index >= 15 is 0 Å². The zero-order valence-corrected chi connectivity index (χ0v) is 38.1. The zero-order valence-electron chi connectivity index (χ0n) is 38.1. The molecule has 0 fully saturated rings. The van der Waals surface area contributed by atoms with Crippen molar-refractivity contribution in [3.63, 3.8) is 0 Å². The van der Waals surface area contributed by atoms with Crippen molar-refractivity contribution in [1.82, 2.24) is 4.90 Å². The fourth-order valence-corrected chi connectivity index (χ4v) is 7.37. The first kappa shape index (κ1) is 47.9. The molecule has 6 rings (SSSR count). The quantitative estimate of drug-likeness (QED) is 0.197. The maximum absolute atomic E-state index is 5.15. The minimum absolute atomic E-state index is 0.0410. The predicted molar refractivity (Wildman–Crippen MR) is 265 cm³/mol. The molecule has 1 atom stereocenters. The van der Waals surface area contributed by atoms with Crippen LogP contribution in [0.5, 0.6) is 0 Å². The van der Waals surface area contributed by atoms with E-state index in [9.17, 15) is 0 Å². The van der Waals surface area contributed by atoms with Crippen LogP contribution < -0.4 is 0 Å². The lowest BCUT2D eigenvalue weighted by atomic mass is 9.88. The van der Waals surface area contributed by atoms with Gasteiger partial charge < -0.3 is 4.90 Å². The Kier molecular flexibility index (Phi) is 20.9. The lowest BCUT2D eigenvalue weighted by Crippen LogP contribution is -2.33. The highest BCUT2D eigenvalue weighted by Crippen LogP contribution is 2.33. The lowest BCUT2D eigenvalue weighted by Gasteiger charge is -2.32. The van der Waals surface area contributed by atoms with Crippen molar-refractivity contribution in [1.29, 1.82) is 0 Å². The Morgan fingerprint density at radius 2 is 1.53 bits per heavy atom. The van der Waals surface area contributed by atoms with E-state index in [2.05, 4.69) is 192 Å². The van der Waals surface area contributed by atoms with E-state index in [-0.39, 0.29) is 6.04 Å². The molecule has 0 bridgehead atoms. The normalized spacial score (nSPS) is 17.9. The van der Waals surface area contributed by atoms with Crippen LogP contribution in [-0.2, 0) is 0 Å². The van der Waals surface area contributed by atoms with Crippen LogP contribution in [0, 0.1) is 13.8 Å². The van der Waals surface area contributed by atoms with E-state index in [1.54, 1.807) is 0 Å². The summed E-state index contributed by atoms with van der Waals surface area (Å²) in [6.45, 7) is 30.8. The Hall–Kier alpha value is -5.47. The van der Waals surface area contributed by atoms with Crippen LogP contribution in [0.4, 0.5) is 0 Å². The molecule has 2 heteroatoms. The molecule has 0 spiro atoms. The Labute approximate surface area is 360 Å². The second-order valence-electron chi connectivity index (χ2n) is 14.7. The van der Waals surface area contributed by atoms with E-state index in [4.69, 9.17) is 4.99 Å². The first-order valence-corrected chi connectivity index (χ1v) is 22.1. The second-order valence-corrected chi connectivity index (χ2v) is 14.7. The number of aryl methyl sites for hydroxylation is 2. The molecule has 59 heavy (non-hydrogen) atoms. The third-order valence-electron chi connectivity index (χ3n) is 10.6. The molecular formula is C57H72N2. The Bertz CT molecular complexity index is 2100. The molecule has 1 aliphatic heterocycles. The summed E-state index contributed by atoms with van der Waals surface area (Å²) in [5.41, 5.74) is 16.9. The fourth-order valence-electron chi connectivity index (χ4n) is 7.37. The predicted octanol–water partition coefficient (Wildman–Crippen LogP) is 16.4. The number of aliphatic imine (C=N–C) groups is 1. The van der Waals surface area contributed by atoms with Crippen LogP contribution in [0.25, 0.3) is 16.7 Å². The van der Waals surface area contributed by atoms with Crippen LogP contribution in [0.15, 0.2) is 180 Å². The molecule has 1 unspecified atom stereocenters. The van der Waals surface area contributed by atoms with Crippen LogP contribution in [0.2, 0.25) is 0 Å². The summed E-state index contributed by atoms with van der Waals surface area (Å²) in [6, 6.07) is 26.1. The minimum atomic E-state index is 0.0410. The maximum Gasteiger partial charge on any atom is 0.0706 e. The van der Waals surface area contributed by atoms with Gasteiger partial charge in [0, 0.05) is 17.8 Å². The van der Waals surface area contributed by atoms with Crippen LogP contribution in [0.1, 0.15) is 127 Å². The Balaban J connectivity index is 0.000000455. The van der Waals surface area contributed by atoms with Gasteiger partial charge in [-0.05, 0) is 135 Å². The van der Waals surface area contributed by atoms with Crippen molar-refractivity contribution in [2.45, 2.75) is 114 Å². The SMILES string of the molecule is C=C1N=C(c2ccc(C)c(C3=C(C)C=CCC3)c2)/C=C\CN(C(=C)/C=C(\CCC)c2ccccc2)C(C)/C1=C\C=C/C.CC.CC.Cc1ccc(C2=CCCC=C2)cc1. The summed E-state index contributed by atoms with van der Waals surface area (Å²) in [5, 5.41) is 0. The molecule has 0 radical (unpaired) electrons. The first-order valence-electron chi connectivity index (χ1n) is 22.1. The monoisotopic (exact) mass is 785 g/mol. The molecule has 3 aromatic carbocycles. The summed E-state index contributed by atoms with van der Waals surface area (Å²) < 4.78 is 0. The summed E-state index contributed by atoms with van der Waals surface area (Å²) in [7, 11) is 0. The topological polar surface area (TPSA) is 15.6 Å². The van der Waals surface area contributed by atoms with Gasteiger partial charge in [0.05, 0.1) is 17.5 Å². The smallest absolute Gasteiger partial charge is 0.0706 e. The van der Waals surface area contributed by atoms with E-state index in [0.29, 0.717) is 0 Å². The zero-order chi connectivity index (χ0) is 43.2. The third-order valence-corrected chi connectivity index (χ3v) is 10.6. The number of rotatable bonds is 9. The summed E-state index contributed by atoms with van der Waals surface area (Å²) in [4.78, 5) is 7.51. The molecule has 310 valence electrons. The summed E-state index contributed by atoms with van der Waals surface area (Å²) in [6.07, 6.45) is 30.8. The van der Waals surface area contributed by atoms with E-state index in [0.717, 1.165) is 60.5 Å².